The Morgan fingerprint density at radius 3 is 2.68 bits per heavy atom. The van der Waals surface area contributed by atoms with Gasteiger partial charge in [-0.15, -0.1) is 0 Å². The highest BCUT2D eigenvalue weighted by atomic mass is 32.2. The molecule has 3 saturated heterocycles. The fraction of sp³-hybridized carbons (Fsp3) is 0.944. The summed E-state index contributed by atoms with van der Waals surface area (Å²) in [5.74, 6) is 0.398. The second-order valence-electron chi connectivity index (χ2n) is 7.77. The molecular weight excluding hydrogens is 340 g/mol. The van der Waals surface area contributed by atoms with Gasteiger partial charge in [-0.05, 0) is 45.1 Å². The molecule has 3 aliphatic heterocycles. The molecule has 0 aromatic heterocycles. The molecule has 3 fully saturated rings. The van der Waals surface area contributed by atoms with Gasteiger partial charge in [0, 0.05) is 25.2 Å². The van der Waals surface area contributed by atoms with Gasteiger partial charge in [-0.2, -0.15) is 0 Å². The third kappa shape index (κ3) is 4.95. The van der Waals surface area contributed by atoms with Crippen molar-refractivity contribution in [2.45, 2.75) is 70.1 Å². The number of ether oxygens (including phenoxy) is 1. The number of piperidine rings is 1. The molecule has 0 unspecified atom stereocenters. The van der Waals surface area contributed by atoms with Crippen molar-refractivity contribution in [3.05, 3.63) is 0 Å². The lowest BCUT2D eigenvalue weighted by Crippen LogP contribution is -2.51. The lowest BCUT2D eigenvalue weighted by molar-refractivity contribution is -0.137. The first-order chi connectivity index (χ1) is 12.0. The van der Waals surface area contributed by atoms with Crippen LogP contribution in [-0.2, 0) is 19.4 Å². The minimum absolute atomic E-state index is 0.0654. The summed E-state index contributed by atoms with van der Waals surface area (Å²) in [4.78, 5) is 17.2. The number of hydrogen-bond acceptors (Lipinski definition) is 5. The average Bonchev–Trinajstić information content (AvgIpc) is 3.22. The molecule has 144 valence electrons. The van der Waals surface area contributed by atoms with Crippen molar-refractivity contribution in [2.75, 3.05) is 37.7 Å². The lowest BCUT2D eigenvalue weighted by Gasteiger charge is -2.37. The number of carbonyl (C=O) groups excluding carboxylic acids is 1. The molecule has 3 rings (SSSR count). The van der Waals surface area contributed by atoms with Crippen molar-refractivity contribution in [3.63, 3.8) is 0 Å². The Bertz CT molecular complexity index is 559. The number of sulfone groups is 1. The van der Waals surface area contributed by atoms with Gasteiger partial charge in [0.1, 0.15) is 0 Å². The van der Waals surface area contributed by atoms with Crippen LogP contribution < -0.4 is 0 Å². The minimum atomic E-state index is -3.00. The van der Waals surface area contributed by atoms with Gasteiger partial charge < -0.3 is 9.64 Å². The summed E-state index contributed by atoms with van der Waals surface area (Å²) in [7, 11) is -3.00. The van der Waals surface area contributed by atoms with Gasteiger partial charge in [0.15, 0.2) is 9.84 Å². The van der Waals surface area contributed by atoms with Gasteiger partial charge in [0.25, 0.3) is 0 Å². The summed E-state index contributed by atoms with van der Waals surface area (Å²) in [6.45, 7) is 4.87. The highest BCUT2D eigenvalue weighted by molar-refractivity contribution is 7.91. The molecule has 0 aliphatic carbocycles. The van der Waals surface area contributed by atoms with Crippen molar-refractivity contribution in [3.8, 4) is 0 Å². The van der Waals surface area contributed by atoms with E-state index in [1.807, 2.05) is 4.90 Å². The maximum Gasteiger partial charge on any atom is 0.237 e. The maximum absolute atomic E-state index is 13.1. The molecule has 0 N–H and O–H groups in total. The molecule has 1 amide bonds. The lowest BCUT2D eigenvalue weighted by atomic mass is 10.00. The Kier molecular flexibility index (Phi) is 6.39. The van der Waals surface area contributed by atoms with Gasteiger partial charge >= 0.3 is 0 Å². The summed E-state index contributed by atoms with van der Waals surface area (Å²) in [6, 6.07) is 0.307. The normalized spacial score (nSPS) is 32.8. The number of carbonyl (C=O) groups is 1. The number of amides is 1. The van der Waals surface area contributed by atoms with Crippen molar-refractivity contribution in [2.24, 2.45) is 0 Å². The zero-order chi connectivity index (χ0) is 17.9. The van der Waals surface area contributed by atoms with Gasteiger partial charge in [0.2, 0.25) is 5.91 Å². The van der Waals surface area contributed by atoms with Crippen LogP contribution in [0.4, 0.5) is 0 Å². The van der Waals surface area contributed by atoms with Gasteiger partial charge in [0.05, 0.1) is 24.2 Å². The van der Waals surface area contributed by atoms with E-state index < -0.39 is 9.84 Å². The molecule has 6 nitrogen and oxygen atoms in total. The predicted molar refractivity (Wildman–Crippen MR) is 97.2 cm³/mol. The summed E-state index contributed by atoms with van der Waals surface area (Å²) in [5.41, 5.74) is 0. The monoisotopic (exact) mass is 372 g/mol. The molecule has 3 aliphatic rings. The van der Waals surface area contributed by atoms with Gasteiger partial charge in [-0.25, -0.2) is 8.42 Å². The maximum atomic E-state index is 13.1. The number of nitrogens with zero attached hydrogens (tertiary/aromatic N) is 2. The Balaban J connectivity index is 1.67. The quantitative estimate of drug-likeness (QED) is 0.706. The summed E-state index contributed by atoms with van der Waals surface area (Å²) < 4.78 is 29.5. The van der Waals surface area contributed by atoms with E-state index in [0.29, 0.717) is 25.6 Å². The molecule has 3 atom stereocenters. The molecular formula is C18H32N2O4S. The summed E-state index contributed by atoms with van der Waals surface area (Å²) in [6.07, 6.45) is 7.24. The SMILES string of the molecule is CC[C@@H]1CCCCN1CC(=O)N(C[C@H]1CCCO1)[C@@H]1CCS(=O)(=O)C1. The molecule has 0 saturated carbocycles. The smallest absolute Gasteiger partial charge is 0.237 e. The number of likely N-dealkylation sites (tertiary alicyclic amines) is 1. The van der Waals surface area contributed by atoms with E-state index in [4.69, 9.17) is 4.74 Å². The fourth-order valence-electron chi connectivity index (χ4n) is 4.48. The standard InChI is InChI=1S/C18H32N2O4S/c1-2-15-6-3-4-9-19(15)13-18(21)20(12-17-7-5-10-24-17)16-8-11-25(22,23)14-16/h15-17H,2-14H2,1H3/t15-,16-,17-/m1/s1. The van der Waals surface area contributed by atoms with E-state index in [9.17, 15) is 13.2 Å². The van der Waals surface area contributed by atoms with Crippen molar-refractivity contribution >= 4 is 15.7 Å². The molecule has 25 heavy (non-hydrogen) atoms. The van der Waals surface area contributed by atoms with Crippen LogP contribution in [0.3, 0.4) is 0 Å². The molecule has 0 radical (unpaired) electrons. The zero-order valence-electron chi connectivity index (χ0n) is 15.4. The topological polar surface area (TPSA) is 66.9 Å². The second kappa shape index (κ2) is 8.35. The van der Waals surface area contributed by atoms with Gasteiger partial charge in [-0.1, -0.05) is 13.3 Å². The molecule has 7 heteroatoms. The van der Waals surface area contributed by atoms with E-state index in [-0.39, 0.29) is 29.6 Å². The molecule has 0 spiro atoms. The Labute approximate surface area is 151 Å². The van der Waals surface area contributed by atoms with Crippen LogP contribution in [0.1, 0.15) is 51.9 Å². The predicted octanol–water partition coefficient (Wildman–Crippen LogP) is 1.45. The number of hydrogen-bond donors (Lipinski definition) is 0. The van der Waals surface area contributed by atoms with Crippen LogP contribution in [0.25, 0.3) is 0 Å². The molecule has 0 aromatic rings. The van der Waals surface area contributed by atoms with Crippen molar-refractivity contribution in [1.82, 2.24) is 9.80 Å². The van der Waals surface area contributed by atoms with E-state index in [1.165, 1.54) is 6.42 Å². The van der Waals surface area contributed by atoms with Crippen LogP contribution in [0, 0.1) is 0 Å². The molecule has 0 aromatic carbocycles. The highest BCUT2D eigenvalue weighted by Crippen LogP contribution is 2.23. The molecule has 0 bridgehead atoms. The summed E-state index contributed by atoms with van der Waals surface area (Å²) >= 11 is 0. The van der Waals surface area contributed by atoms with Crippen molar-refractivity contribution < 1.29 is 17.9 Å². The third-order valence-electron chi connectivity index (χ3n) is 5.95. The molecule has 3 heterocycles. The Morgan fingerprint density at radius 2 is 2.04 bits per heavy atom. The summed E-state index contributed by atoms with van der Waals surface area (Å²) in [5, 5.41) is 0. The second-order valence-corrected chi connectivity index (χ2v) is 10.00. The number of rotatable bonds is 6. The highest BCUT2D eigenvalue weighted by Gasteiger charge is 2.37. The van der Waals surface area contributed by atoms with Crippen LogP contribution in [0.2, 0.25) is 0 Å². The third-order valence-corrected chi connectivity index (χ3v) is 7.70. The zero-order valence-corrected chi connectivity index (χ0v) is 16.2. The van der Waals surface area contributed by atoms with Crippen LogP contribution in [0.15, 0.2) is 0 Å². The largest absolute Gasteiger partial charge is 0.376 e. The minimum Gasteiger partial charge on any atom is -0.376 e. The van der Waals surface area contributed by atoms with Crippen LogP contribution >= 0.6 is 0 Å². The first kappa shape index (κ1) is 19.1. The van der Waals surface area contributed by atoms with Crippen LogP contribution in [0.5, 0.6) is 0 Å². The van der Waals surface area contributed by atoms with E-state index >= 15 is 0 Å². The van der Waals surface area contributed by atoms with E-state index in [2.05, 4.69) is 11.8 Å². The van der Waals surface area contributed by atoms with Gasteiger partial charge in [-0.3, -0.25) is 9.69 Å². The van der Waals surface area contributed by atoms with E-state index in [1.54, 1.807) is 0 Å². The van der Waals surface area contributed by atoms with Crippen molar-refractivity contribution in [1.29, 1.82) is 0 Å². The van der Waals surface area contributed by atoms with Crippen LogP contribution in [-0.4, -0.2) is 80.1 Å². The van der Waals surface area contributed by atoms with E-state index in [0.717, 1.165) is 45.3 Å². The Morgan fingerprint density at radius 1 is 1.20 bits per heavy atom. The average molecular weight is 373 g/mol. The Hall–Kier alpha value is -0.660. The first-order valence-electron chi connectivity index (χ1n) is 9.84. The fourth-order valence-corrected chi connectivity index (χ4v) is 6.21. The first-order valence-corrected chi connectivity index (χ1v) is 11.7.